The fourth-order valence-corrected chi connectivity index (χ4v) is 7.33. The van der Waals surface area contributed by atoms with E-state index in [0.717, 1.165) is 18.5 Å². The highest BCUT2D eigenvalue weighted by Gasteiger charge is 2.34. The Kier molecular flexibility index (Phi) is 7.85. The molecule has 1 atom stereocenters. The number of fused-ring (bicyclic) bond motifs is 1. The van der Waals surface area contributed by atoms with Crippen LogP contribution in [0.4, 0.5) is 0 Å². The number of esters is 1. The van der Waals surface area contributed by atoms with E-state index in [2.05, 4.69) is 50.2 Å². The molecule has 0 N–H and O–H groups in total. The zero-order valence-electron chi connectivity index (χ0n) is 18.4. The van der Waals surface area contributed by atoms with Gasteiger partial charge in [0.25, 0.3) is 5.56 Å². The number of hydrogen-bond acceptors (Lipinski definition) is 6. The third-order valence-electron chi connectivity index (χ3n) is 5.24. The molecule has 1 aliphatic heterocycles. The van der Waals surface area contributed by atoms with Gasteiger partial charge in [-0.3, -0.25) is 9.36 Å². The molecule has 0 spiro atoms. The van der Waals surface area contributed by atoms with Crippen molar-refractivity contribution in [1.29, 1.82) is 0 Å². The molecule has 2 aromatic carbocycles. The first-order valence-corrected chi connectivity index (χ1v) is 13.6. The molecule has 6 nitrogen and oxygen atoms in total. The van der Waals surface area contributed by atoms with Gasteiger partial charge in [0.2, 0.25) is 0 Å². The van der Waals surface area contributed by atoms with Crippen LogP contribution in [0, 0.1) is 7.14 Å². The molecule has 0 aliphatic carbocycles. The second kappa shape index (κ2) is 10.5. The van der Waals surface area contributed by atoms with Crippen LogP contribution in [0.15, 0.2) is 57.5 Å². The van der Waals surface area contributed by atoms with E-state index in [1.807, 2.05) is 36.4 Å². The summed E-state index contributed by atoms with van der Waals surface area (Å²) in [5.41, 5.74) is 2.08. The van der Waals surface area contributed by atoms with Gasteiger partial charge in [-0.15, -0.1) is 0 Å². The molecule has 0 radical (unpaired) electrons. The molecule has 1 aliphatic rings. The average Bonchev–Trinajstić information content (AvgIpc) is 3.07. The minimum Gasteiger partial charge on any atom is -0.495 e. The molecule has 2 heterocycles. The number of benzene rings is 2. The summed E-state index contributed by atoms with van der Waals surface area (Å²) >= 11 is 12.2. The summed E-state index contributed by atoms with van der Waals surface area (Å²) in [6.45, 7) is 3.70. The number of aromatic nitrogens is 1. The van der Waals surface area contributed by atoms with E-state index in [0.29, 0.717) is 31.2 Å². The Labute approximate surface area is 232 Å². The Balaban J connectivity index is 1.97. The SMILES string of the molecule is CCOC(=O)C1=C(C)N=c2s/c(=C\c3cc(I)c(OC)c(I)c3)c(=O)n2[C@H]1c1ccccc1Cl. The van der Waals surface area contributed by atoms with E-state index in [1.165, 1.54) is 15.9 Å². The smallest absolute Gasteiger partial charge is 0.338 e. The quantitative estimate of drug-likeness (QED) is 0.284. The van der Waals surface area contributed by atoms with Gasteiger partial charge in [0.15, 0.2) is 4.80 Å². The number of methoxy groups -OCH3 is 1. The van der Waals surface area contributed by atoms with Crippen LogP contribution >= 0.6 is 68.1 Å². The Hall–Kier alpha value is -1.70. The first-order chi connectivity index (χ1) is 16.3. The van der Waals surface area contributed by atoms with Crippen molar-refractivity contribution in [1.82, 2.24) is 4.57 Å². The largest absolute Gasteiger partial charge is 0.495 e. The number of allylic oxidation sites excluding steroid dienone is 1. The van der Waals surface area contributed by atoms with Crippen molar-refractivity contribution in [3.8, 4) is 5.75 Å². The van der Waals surface area contributed by atoms with Crippen molar-refractivity contribution in [2.75, 3.05) is 13.7 Å². The topological polar surface area (TPSA) is 69.9 Å². The van der Waals surface area contributed by atoms with Crippen molar-refractivity contribution < 1.29 is 14.3 Å². The first kappa shape index (κ1) is 25.4. The van der Waals surface area contributed by atoms with Crippen LogP contribution < -0.4 is 19.6 Å². The van der Waals surface area contributed by atoms with Gasteiger partial charge in [-0.1, -0.05) is 41.1 Å². The highest BCUT2D eigenvalue weighted by Crippen LogP contribution is 2.34. The second-order valence-electron chi connectivity index (χ2n) is 7.34. The van der Waals surface area contributed by atoms with E-state index in [9.17, 15) is 9.59 Å². The molecule has 0 saturated carbocycles. The zero-order valence-corrected chi connectivity index (χ0v) is 24.3. The summed E-state index contributed by atoms with van der Waals surface area (Å²) < 4.78 is 14.7. The number of hydrogen-bond donors (Lipinski definition) is 0. The standard InChI is InChI=1S/C24H19ClI2N2O4S/c1-4-33-23(31)19-12(2)28-24-29(20(19)14-7-5-6-8-15(14)25)22(30)18(34-24)11-13-9-16(26)21(32-3)17(27)10-13/h5-11,20H,4H2,1-3H3/b18-11-/t20-/m0/s1. The van der Waals surface area contributed by atoms with Gasteiger partial charge in [-0.05, 0) is 94.4 Å². The lowest BCUT2D eigenvalue weighted by molar-refractivity contribution is -0.139. The van der Waals surface area contributed by atoms with Crippen molar-refractivity contribution in [3.63, 3.8) is 0 Å². The number of nitrogens with zero attached hydrogens (tertiary/aromatic N) is 2. The molecule has 34 heavy (non-hydrogen) atoms. The predicted molar refractivity (Wildman–Crippen MR) is 150 cm³/mol. The molecule has 1 aromatic heterocycles. The van der Waals surface area contributed by atoms with Crippen molar-refractivity contribution in [3.05, 3.63) is 90.6 Å². The van der Waals surface area contributed by atoms with E-state index in [4.69, 9.17) is 21.1 Å². The minimum atomic E-state index is -0.734. The number of ether oxygens (including phenoxy) is 2. The Morgan fingerprint density at radius 1 is 1.26 bits per heavy atom. The number of thiazole rings is 1. The number of halogens is 3. The van der Waals surface area contributed by atoms with Crippen LogP contribution in [0.2, 0.25) is 5.02 Å². The number of carbonyl (C=O) groups is 1. The van der Waals surface area contributed by atoms with Gasteiger partial charge in [-0.25, -0.2) is 9.79 Å². The fraction of sp³-hybridized carbons (Fsp3) is 0.208. The summed E-state index contributed by atoms with van der Waals surface area (Å²) in [6.07, 6.45) is 1.83. The van der Waals surface area contributed by atoms with E-state index < -0.39 is 12.0 Å². The van der Waals surface area contributed by atoms with Gasteiger partial charge in [0.05, 0.1) is 36.7 Å². The van der Waals surface area contributed by atoms with Crippen LogP contribution in [0.5, 0.6) is 5.75 Å². The average molecular weight is 721 g/mol. The maximum atomic E-state index is 13.7. The summed E-state index contributed by atoms with van der Waals surface area (Å²) in [6, 6.07) is 10.4. The highest BCUT2D eigenvalue weighted by molar-refractivity contribution is 14.1. The summed E-state index contributed by atoms with van der Waals surface area (Å²) in [5, 5.41) is 0.456. The Morgan fingerprint density at radius 3 is 2.56 bits per heavy atom. The number of rotatable bonds is 5. The molecular weight excluding hydrogens is 702 g/mol. The molecule has 0 amide bonds. The van der Waals surface area contributed by atoms with Crippen molar-refractivity contribution >= 4 is 80.2 Å². The molecular formula is C24H19ClI2N2O4S. The van der Waals surface area contributed by atoms with Crippen molar-refractivity contribution in [2.24, 2.45) is 4.99 Å². The molecule has 0 fully saturated rings. The molecule has 3 aromatic rings. The van der Waals surface area contributed by atoms with Gasteiger partial charge >= 0.3 is 5.97 Å². The third kappa shape index (κ3) is 4.71. The lowest BCUT2D eigenvalue weighted by Gasteiger charge is -2.25. The van der Waals surface area contributed by atoms with E-state index in [1.54, 1.807) is 27.0 Å². The molecule has 0 saturated heterocycles. The highest BCUT2D eigenvalue weighted by atomic mass is 127. The van der Waals surface area contributed by atoms with Crippen LogP contribution in [-0.4, -0.2) is 24.3 Å². The maximum Gasteiger partial charge on any atom is 0.338 e. The summed E-state index contributed by atoms with van der Waals surface area (Å²) in [5.74, 6) is 0.287. The first-order valence-electron chi connectivity index (χ1n) is 10.2. The predicted octanol–water partition coefficient (Wildman–Crippen LogP) is 4.67. The second-order valence-corrected chi connectivity index (χ2v) is 11.1. The van der Waals surface area contributed by atoms with Gasteiger partial charge in [0.1, 0.15) is 11.8 Å². The lowest BCUT2D eigenvalue weighted by Crippen LogP contribution is -2.40. The van der Waals surface area contributed by atoms with Crippen molar-refractivity contribution in [2.45, 2.75) is 19.9 Å². The van der Waals surface area contributed by atoms with Gasteiger partial charge in [-0.2, -0.15) is 0 Å². The van der Waals surface area contributed by atoms with Crippen LogP contribution in [0.25, 0.3) is 6.08 Å². The zero-order chi connectivity index (χ0) is 24.6. The van der Waals surface area contributed by atoms with Crippen LogP contribution in [0.1, 0.15) is 31.0 Å². The monoisotopic (exact) mass is 720 g/mol. The van der Waals surface area contributed by atoms with Crippen LogP contribution in [0.3, 0.4) is 0 Å². The summed E-state index contributed by atoms with van der Waals surface area (Å²) in [7, 11) is 1.63. The number of carbonyl (C=O) groups excluding carboxylic acids is 1. The molecule has 4 rings (SSSR count). The van der Waals surface area contributed by atoms with Gasteiger partial charge in [0, 0.05) is 5.02 Å². The van der Waals surface area contributed by atoms with Gasteiger partial charge < -0.3 is 9.47 Å². The normalized spacial score (nSPS) is 15.7. The molecule has 10 heteroatoms. The maximum absolute atomic E-state index is 13.7. The fourth-order valence-electron chi connectivity index (χ4n) is 3.79. The Morgan fingerprint density at radius 2 is 1.94 bits per heavy atom. The van der Waals surface area contributed by atoms with E-state index in [-0.39, 0.29) is 12.2 Å². The van der Waals surface area contributed by atoms with Crippen LogP contribution in [-0.2, 0) is 9.53 Å². The lowest BCUT2D eigenvalue weighted by atomic mass is 9.96. The Bertz CT molecular complexity index is 1490. The summed E-state index contributed by atoms with van der Waals surface area (Å²) in [4.78, 5) is 31.7. The van der Waals surface area contributed by atoms with E-state index >= 15 is 0 Å². The minimum absolute atomic E-state index is 0.212. The third-order valence-corrected chi connectivity index (χ3v) is 8.17. The molecule has 0 unspecified atom stereocenters. The molecule has 176 valence electrons. The molecule has 0 bridgehead atoms.